The molecule has 0 heterocycles. The van der Waals surface area contributed by atoms with Crippen molar-refractivity contribution in [3.05, 3.63) is 32.4 Å². The average molecular weight is 469 g/mol. The van der Waals surface area contributed by atoms with Gasteiger partial charge in [0.05, 0.1) is 0 Å². The molecule has 0 aliphatic rings. The maximum absolute atomic E-state index is 3.59. The van der Waals surface area contributed by atoms with Crippen molar-refractivity contribution < 1.29 is 0 Å². The minimum absolute atomic E-state index is 1.18. The number of hydrogen-bond donors (Lipinski definition) is 0. The predicted octanol–water partition coefficient (Wildman–Crippen LogP) is 7.77. The van der Waals surface area contributed by atoms with E-state index in [2.05, 4.69) is 79.7 Å². The van der Waals surface area contributed by atoms with Crippen LogP contribution < -0.4 is 0 Å². The Morgan fingerprint density at radius 2 is 1.36 bits per heavy atom. The first-order valence-corrected chi connectivity index (χ1v) is 14.8. The monoisotopic (exact) mass is 468 g/mol. The molecule has 1 aromatic rings. The number of unbranched alkanes of at least 4 members (excludes halogenated alkanes) is 6. The van der Waals surface area contributed by atoms with Crippen molar-refractivity contribution in [3.63, 3.8) is 0 Å². The Kier molecular flexibility index (Phi) is 11.1. The third kappa shape index (κ3) is 9.85. The van der Waals surface area contributed by atoms with Crippen molar-refractivity contribution >= 4 is 30.7 Å². The Hall–Kier alpha value is -0.273. The highest BCUT2D eigenvalue weighted by atomic mass is 127. The molecule has 0 aliphatic heterocycles. The van der Waals surface area contributed by atoms with Crippen molar-refractivity contribution in [2.45, 2.75) is 97.7 Å². The van der Waals surface area contributed by atoms with Gasteiger partial charge in [-0.15, -0.1) is 5.54 Å². The second kappa shape index (κ2) is 12.2. The second-order valence-corrected chi connectivity index (χ2v) is 14.1. The Bertz CT molecular complexity index is 572. The van der Waals surface area contributed by atoms with Crippen molar-refractivity contribution in [2.24, 2.45) is 0 Å². The summed E-state index contributed by atoms with van der Waals surface area (Å²) < 4.78 is 1.44. The molecule has 1 rings (SSSR count). The van der Waals surface area contributed by atoms with Gasteiger partial charge >= 0.3 is 0 Å². The lowest BCUT2D eigenvalue weighted by atomic mass is 9.97. The molecule has 0 nitrogen and oxygen atoms in total. The lowest BCUT2D eigenvalue weighted by Crippen LogP contribution is -2.16. The van der Waals surface area contributed by atoms with Gasteiger partial charge in [-0.05, 0) is 71.5 Å². The van der Waals surface area contributed by atoms with Crippen LogP contribution in [0.1, 0.15) is 81.9 Å². The third-order valence-corrected chi connectivity index (χ3v) is 6.32. The summed E-state index contributed by atoms with van der Waals surface area (Å²) in [6.07, 6.45) is 13.0. The minimum Gasteiger partial charge on any atom is -0.127 e. The molecule has 0 N–H and O–H groups in total. The minimum atomic E-state index is -1.34. The Labute approximate surface area is 171 Å². The molecule has 140 valence electrons. The van der Waals surface area contributed by atoms with E-state index in [9.17, 15) is 0 Å². The number of rotatable bonds is 10. The molecule has 0 aromatic heterocycles. The first kappa shape index (κ1) is 22.8. The van der Waals surface area contributed by atoms with Gasteiger partial charge in [0, 0.05) is 9.13 Å². The summed E-state index contributed by atoms with van der Waals surface area (Å²) in [6, 6.07) is 4.84. The van der Waals surface area contributed by atoms with Crippen LogP contribution in [0.3, 0.4) is 0 Å². The largest absolute Gasteiger partial charge is 0.129 e. The molecule has 1 aromatic carbocycles. The van der Waals surface area contributed by atoms with Crippen molar-refractivity contribution in [1.29, 1.82) is 0 Å². The van der Waals surface area contributed by atoms with E-state index in [1.165, 1.54) is 84.5 Å². The van der Waals surface area contributed by atoms with Crippen molar-refractivity contribution in [3.8, 4) is 11.5 Å². The smallest absolute Gasteiger partial charge is 0.127 e. The van der Waals surface area contributed by atoms with E-state index in [1.54, 1.807) is 0 Å². The summed E-state index contributed by atoms with van der Waals surface area (Å²) in [4.78, 5) is 0. The summed E-state index contributed by atoms with van der Waals surface area (Å²) >= 11 is 2.54. The van der Waals surface area contributed by atoms with Crippen LogP contribution in [0.5, 0.6) is 0 Å². The highest BCUT2D eigenvalue weighted by Crippen LogP contribution is 2.23. The summed E-state index contributed by atoms with van der Waals surface area (Å²) in [5.74, 6) is 3.57. The molecule has 0 atom stereocenters. The third-order valence-electron chi connectivity index (χ3n) is 4.44. The van der Waals surface area contributed by atoms with Gasteiger partial charge in [-0.25, -0.2) is 0 Å². The fourth-order valence-corrected chi connectivity index (χ4v) is 4.22. The zero-order valence-corrected chi connectivity index (χ0v) is 20.3. The molecular formula is C23H37ISi. The molecule has 2 heteroatoms. The SMILES string of the molecule is CCCCCCc1cc(C#C[Si](C)(C)C)c(CCCCCC)cc1I. The fourth-order valence-electron chi connectivity index (χ4n) is 2.91. The molecule has 0 aliphatic carbocycles. The predicted molar refractivity (Wildman–Crippen MR) is 125 cm³/mol. The van der Waals surface area contributed by atoms with Crippen LogP contribution >= 0.6 is 22.6 Å². The first-order chi connectivity index (χ1) is 11.9. The summed E-state index contributed by atoms with van der Waals surface area (Å²) in [5.41, 5.74) is 7.88. The molecule has 0 fully saturated rings. The summed E-state index contributed by atoms with van der Waals surface area (Å²) in [6.45, 7) is 11.6. The van der Waals surface area contributed by atoms with Gasteiger partial charge in [0.15, 0.2) is 0 Å². The normalized spacial score (nSPS) is 11.3. The topological polar surface area (TPSA) is 0 Å². The highest BCUT2D eigenvalue weighted by molar-refractivity contribution is 14.1. The lowest BCUT2D eigenvalue weighted by Gasteiger charge is -2.12. The number of hydrogen-bond acceptors (Lipinski definition) is 0. The van der Waals surface area contributed by atoms with E-state index in [4.69, 9.17) is 0 Å². The number of benzene rings is 1. The zero-order valence-electron chi connectivity index (χ0n) is 17.1. The van der Waals surface area contributed by atoms with Crippen LogP contribution in [0.2, 0.25) is 19.6 Å². The number of halogens is 1. The maximum atomic E-state index is 3.59. The van der Waals surface area contributed by atoms with Gasteiger partial charge in [0.1, 0.15) is 8.07 Å². The molecule has 0 saturated carbocycles. The molecule has 0 saturated heterocycles. The second-order valence-electron chi connectivity index (χ2n) is 8.22. The number of aryl methyl sites for hydroxylation is 2. The molecule has 0 amide bonds. The summed E-state index contributed by atoms with van der Waals surface area (Å²) in [7, 11) is -1.34. The Morgan fingerprint density at radius 1 is 0.800 bits per heavy atom. The maximum Gasteiger partial charge on any atom is 0.129 e. The van der Waals surface area contributed by atoms with Crippen LogP contribution in [-0.2, 0) is 12.8 Å². The van der Waals surface area contributed by atoms with E-state index in [0.717, 1.165) is 0 Å². The van der Waals surface area contributed by atoms with E-state index in [0.29, 0.717) is 0 Å². The molecule has 0 unspecified atom stereocenters. The quantitative estimate of drug-likeness (QED) is 0.142. The lowest BCUT2D eigenvalue weighted by molar-refractivity contribution is 0.662. The molecule has 0 spiro atoms. The van der Waals surface area contributed by atoms with E-state index in [-0.39, 0.29) is 0 Å². The van der Waals surface area contributed by atoms with Gasteiger partial charge in [0.25, 0.3) is 0 Å². The van der Waals surface area contributed by atoms with Crippen LogP contribution in [0.15, 0.2) is 12.1 Å². The average Bonchev–Trinajstić information content (AvgIpc) is 2.55. The Morgan fingerprint density at radius 3 is 1.88 bits per heavy atom. The standard InChI is InChI=1S/C23H37ISi/c1-6-8-10-12-14-20-19-23(24)22(15-13-11-9-7-2)18-21(20)16-17-25(3,4)5/h18-19H,6-15H2,1-5H3. The molecule has 0 bridgehead atoms. The molecule has 25 heavy (non-hydrogen) atoms. The van der Waals surface area contributed by atoms with E-state index in [1.807, 2.05) is 0 Å². The molecule has 0 radical (unpaired) electrons. The van der Waals surface area contributed by atoms with Crippen LogP contribution in [0, 0.1) is 15.0 Å². The van der Waals surface area contributed by atoms with E-state index < -0.39 is 8.07 Å². The van der Waals surface area contributed by atoms with Crippen LogP contribution in [0.25, 0.3) is 0 Å². The van der Waals surface area contributed by atoms with Gasteiger partial charge in [-0.1, -0.05) is 77.9 Å². The first-order valence-electron chi connectivity index (χ1n) is 10.2. The fraction of sp³-hybridized carbons (Fsp3) is 0.652. The van der Waals surface area contributed by atoms with Crippen LogP contribution in [0.4, 0.5) is 0 Å². The zero-order chi connectivity index (χ0) is 18.7. The Balaban J connectivity index is 2.96. The van der Waals surface area contributed by atoms with E-state index >= 15 is 0 Å². The van der Waals surface area contributed by atoms with Crippen molar-refractivity contribution in [2.75, 3.05) is 0 Å². The van der Waals surface area contributed by atoms with Crippen molar-refractivity contribution in [1.82, 2.24) is 0 Å². The molecular weight excluding hydrogens is 431 g/mol. The highest BCUT2D eigenvalue weighted by Gasteiger charge is 2.10. The summed E-state index contributed by atoms with van der Waals surface area (Å²) in [5, 5.41) is 0. The van der Waals surface area contributed by atoms with Gasteiger partial charge in [-0.3, -0.25) is 0 Å². The van der Waals surface area contributed by atoms with Gasteiger partial charge < -0.3 is 0 Å². The van der Waals surface area contributed by atoms with Crippen LogP contribution in [-0.4, -0.2) is 8.07 Å². The van der Waals surface area contributed by atoms with Gasteiger partial charge in [0.2, 0.25) is 0 Å². The van der Waals surface area contributed by atoms with Gasteiger partial charge in [-0.2, -0.15) is 0 Å².